The Labute approximate surface area is 134 Å². The Bertz CT molecular complexity index is 603. The first-order valence-electron chi connectivity index (χ1n) is 7.72. The van der Waals surface area contributed by atoms with Gasteiger partial charge in [0, 0.05) is 11.4 Å². The summed E-state index contributed by atoms with van der Waals surface area (Å²) in [6, 6.07) is 4.40. The van der Waals surface area contributed by atoms with Crippen LogP contribution in [0.4, 0.5) is 0 Å². The predicted molar refractivity (Wildman–Crippen MR) is 85.9 cm³/mol. The standard InChI is InChI=1S/C15H21N5OS/c1-2-19(10-13-4-3-9-22-13)15(21)14-11-20(18-17-14)12-5-7-16-8-6-12/h3-4,9,11-12,16H,2,5-8,10H2,1H3. The number of hydrogen-bond donors (Lipinski definition) is 1. The lowest BCUT2D eigenvalue weighted by atomic mass is 10.1. The van der Waals surface area contributed by atoms with E-state index in [9.17, 15) is 4.79 Å². The van der Waals surface area contributed by atoms with Crippen molar-refractivity contribution >= 4 is 17.2 Å². The molecule has 0 aromatic carbocycles. The average Bonchev–Trinajstić information content (AvgIpc) is 3.24. The minimum Gasteiger partial charge on any atom is -0.332 e. The molecule has 6 nitrogen and oxygen atoms in total. The topological polar surface area (TPSA) is 63.1 Å². The van der Waals surface area contributed by atoms with E-state index in [0.29, 0.717) is 24.8 Å². The van der Waals surface area contributed by atoms with Gasteiger partial charge in [-0.05, 0) is 44.3 Å². The lowest BCUT2D eigenvalue weighted by molar-refractivity contribution is 0.0748. The number of nitrogens with zero attached hydrogens (tertiary/aromatic N) is 4. The number of thiophene rings is 1. The van der Waals surface area contributed by atoms with E-state index in [1.165, 1.54) is 4.88 Å². The van der Waals surface area contributed by atoms with E-state index < -0.39 is 0 Å². The molecule has 0 atom stereocenters. The molecule has 3 heterocycles. The first-order chi connectivity index (χ1) is 10.8. The summed E-state index contributed by atoms with van der Waals surface area (Å²) in [5, 5.41) is 13.6. The van der Waals surface area contributed by atoms with E-state index in [1.54, 1.807) is 17.5 Å². The zero-order valence-corrected chi connectivity index (χ0v) is 13.6. The van der Waals surface area contributed by atoms with Crippen molar-refractivity contribution in [2.75, 3.05) is 19.6 Å². The molecule has 1 fully saturated rings. The van der Waals surface area contributed by atoms with Gasteiger partial charge >= 0.3 is 0 Å². The second kappa shape index (κ2) is 7.02. The summed E-state index contributed by atoms with van der Waals surface area (Å²) < 4.78 is 1.85. The Hall–Kier alpha value is -1.73. The third-order valence-corrected chi connectivity index (χ3v) is 4.87. The summed E-state index contributed by atoms with van der Waals surface area (Å²) in [5.41, 5.74) is 0.442. The third-order valence-electron chi connectivity index (χ3n) is 4.01. The average molecular weight is 319 g/mol. The van der Waals surface area contributed by atoms with E-state index >= 15 is 0 Å². The van der Waals surface area contributed by atoms with Crippen LogP contribution >= 0.6 is 11.3 Å². The summed E-state index contributed by atoms with van der Waals surface area (Å²) in [5.74, 6) is -0.0453. The van der Waals surface area contributed by atoms with Gasteiger partial charge in [-0.1, -0.05) is 11.3 Å². The van der Waals surface area contributed by atoms with Crippen molar-refractivity contribution in [2.24, 2.45) is 0 Å². The van der Waals surface area contributed by atoms with Crippen LogP contribution in [0.3, 0.4) is 0 Å². The first kappa shape index (κ1) is 15.2. The lowest BCUT2D eigenvalue weighted by Gasteiger charge is -2.22. The van der Waals surface area contributed by atoms with Crippen molar-refractivity contribution < 1.29 is 4.79 Å². The Morgan fingerprint density at radius 3 is 3.00 bits per heavy atom. The van der Waals surface area contributed by atoms with Crippen LogP contribution in [-0.4, -0.2) is 45.4 Å². The summed E-state index contributed by atoms with van der Waals surface area (Å²) >= 11 is 1.67. The van der Waals surface area contributed by atoms with Gasteiger partial charge in [0.15, 0.2) is 5.69 Å². The van der Waals surface area contributed by atoms with Gasteiger partial charge in [0.25, 0.3) is 5.91 Å². The summed E-state index contributed by atoms with van der Waals surface area (Å²) in [6.45, 7) is 5.27. The number of hydrogen-bond acceptors (Lipinski definition) is 5. The second-order valence-electron chi connectivity index (χ2n) is 5.46. The molecule has 1 aliphatic rings. The monoisotopic (exact) mass is 319 g/mol. The van der Waals surface area contributed by atoms with E-state index in [1.807, 2.05) is 34.0 Å². The van der Waals surface area contributed by atoms with Crippen molar-refractivity contribution in [1.82, 2.24) is 25.2 Å². The molecule has 22 heavy (non-hydrogen) atoms. The SMILES string of the molecule is CCN(Cc1cccs1)C(=O)c1cn(C2CCNCC2)nn1. The third kappa shape index (κ3) is 3.36. The fourth-order valence-corrected chi connectivity index (χ4v) is 3.42. The maximum absolute atomic E-state index is 12.6. The van der Waals surface area contributed by atoms with Crippen LogP contribution in [0.1, 0.15) is 41.2 Å². The molecule has 2 aromatic heterocycles. The zero-order chi connectivity index (χ0) is 15.4. The summed E-state index contributed by atoms with van der Waals surface area (Å²) in [4.78, 5) is 15.6. The Kier molecular flexibility index (Phi) is 4.84. The quantitative estimate of drug-likeness (QED) is 0.914. The maximum atomic E-state index is 12.6. The Morgan fingerprint density at radius 2 is 2.32 bits per heavy atom. The van der Waals surface area contributed by atoms with Crippen molar-refractivity contribution in [3.63, 3.8) is 0 Å². The fourth-order valence-electron chi connectivity index (χ4n) is 2.70. The second-order valence-corrected chi connectivity index (χ2v) is 6.50. The molecular formula is C15H21N5OS. The molecule has 1 saturated heterocycles. The van der Waals surface area contributed by atoms with E-state index in [2.05, 4.69) is 15.6 Å². The summed E-state index contributed by atoms with van der Waals surface area (Å²) in [6.07, 6.45) is 3.86. The largest absolute Gasteiger partial charge is 0.332 e. The van der Waals surface area contributed by atoms with E-state index in [0.717, 1.165) is 25.9 Å². The highest BCUT2D eigenvalue weighted by Gasteiger charge is 2.21. The molecule has 1 amide bonds. The van der Waals surface area contributed by atoms with Gasteiger partial charge in [0.2, 0.25) is 0 Å². The van der Waals surface area contributed by atoms with Crippen LogP contribution in [0.2, 0.25) is 0 Å². The molecule has 0 bridgehead atoms. The van der Waals surface area contributed by atoms with Crippen LogP contribution in [0, 0.1) is 0 Å². The van der Waals surface area contributed by atoms with E-state index in [-0.39, 0.29) is 5.91 Å². The van der Waals surface area contributed by atoms with Gasteiger partial charge in [0.05, 0.1) is 18.8 Å². The van der Waals surface area contributed by atoms with Crippen LogP contribution in [-0.2, 0) is 6.54 Å². The molecular weight excluding hydrogens is 298 g/mol. The molecule has 118 valence electrons. The molecule has 7 heteroatoms. The molecule has 3 rings (SSSR count). The van der Waals surface area contributed by atoms with Gasteiger partial charge in [0.1, 0.15) is 0 Å². The molecule has 1 aliphatic heterocycles. The maximum Gasteiger partial charge on any atom is 0.276 e. The Morgan fingerprint density at radius 1 is 1.50 bits per heavy atom. The first-order valence-corrected chi connectivity index (χ1v) is 8.60. The molecule has 0 unspecified atom stereocenters. The van der Waals surface area contributed by atoms with Crippen molar-refractivity contribution in [3.8, 4) is 0 Å². The number of amides is 1. The molecule has 2 aromatic rings. The molecule has 0 saturated carbocycles. The highest BCUT2D eigenvalue weighted by molar-refractivity contribution is 7.09. The van der Waals surface area contributed by atoms with Gasteiger partial charge in [-0.25, -0.2) is 4.68 Å². The molecule has 0 aliphatic carbocycles. The van der Waals surface area contributed by atoms with Gasteiger partial charge < -0.3 is 10.2 Å². The van der Waals surface area contributed by atoms with E-state index in [4.69, 9.17) is 0 Å². The number of piperidine rings is 1. The van der Waals surface area contributed by atoms with Crippen molar-refractivity contribution in [1.29, 1.82) is 0 Å². The minimum absolute atomic E-state index is 0.0453. The highest BCUT2D eigenvalue weighted by atomic mass is 32.1. The summed E-state index contributed by atoms with van der Waals surface area (Å²) in [7, 11) is 0. The molecule has 0 spiro atoms. The van der Waals surface area contributed by atoms with Crippen molar-refractivity contribution in [2.45, 2.75) is 32.4 Å². The molecule has 1 N–H and O–H groups in total. The number of rotatable bonds is 5. The Balaban J connectivity index is 1.69. The lowest BCUT2D eigenvalue weighted by Crippen LogP contribution is -2.30. The highest BCUT2D eigenvalue weighted by Crippen LogP contribution is 2.18. The predicted octanol–water partition coefficient (Wildman–Crippen LogP) is 1.93. The van der Waals surface area contributed by atoms with Crippen LogP contribution in [0.5, 0.6) is 0 Å². The van der Waals surface area contributed by atoms with Gasteiger partial charge in [-0.2, -0.15) is 0 Å². The fraction of sp³-hybridized carbons (Fsp3) is 0.533. The number of aromatic nitrogens is 3. The normalized spacial score (nSPS) is 15.9. The number of nitrogens with one attached hydrogen (secondary N) is 1. The van der Waals surface area contributed by atoms with Crippen LogP contribution in [0.25, 0.3) is 0 Å². The molecule has 0 radical (unpaired) electrons. The van der Waals surface area contributed by atoms with Crippen LogP contribution in [0.15, 0.2) is 23.7 Å². The van der Waals surface area contributed by atoms with Gasteiger partial charge in [-0.15, -0.1) is 16.4 Å². The van der Waals surface area contributed by atoms with Crippen molar-refractivity contribution in [3.05, 3.63) is 34.3 Å². The minimum atomic E-state index is -0.0453. The van der Waals surface area contributed by atoms with Gasteiger partial charge in [-0.3, -0.25) is 4.79 Å². The zero-order valence-electron chi connectivity index (χ0n) is 12.7. The van der Waals surface area contributed by atoms with Crippen LogP contribution < -0.4 is 5.32 Å². The number of carbonyl (C=O) groups is 1. The smallest absolute Gasteiger partial charge is 0.276 e. The number of carbonyl (C=O) groups excluding carboxylic acids is 1.